The van der Waals surface area contributed by atoms with E-state index < -0.39 is 0 Å². The summed E-state index contributed by atoms with van der Waals surface area (Å²) in [4.78, 5) is 1.39. The second-order valence-corrected chi connectivity index (χ2v) is 2.42. The summed E-state index contributed by atoms with van der Waals surface area (Å²) < 4.78 is 12.7. The minimum atomic E-state index is -0.333. The van der Waals surface area contributed by atoms with Gasteiger partial charge in [0, 0.05) is 12.7 Å². The van der Waals surface area contributed by atoms with Gasteiger partial charge in [-0.05, 0) is 18.2 Å². The van der Waals surface area contributed by atoms with Gasteiger partial charge in [0.1, 0.15) is 5.82 Å². The fourth-order valence-corrected chi connectivity index (χ4v) is 0.824. The van der Waals surface area contributed by atoms with E-state index in [2.05, 4.69) is 0 Å². The number of guanidine groups is 1. The lowest BCUT2D eigenvalue weighted by Gasteiger charge is -2.16. The zero-order valence-electron chi connectivity index (χ0n) is 6.71. The topological polar surface area (TPSA) is 53.1 Å². The van der Waals surface area contributed by atoms with Crippen molar-refractivity contribution in [3.63, 3.8) is 0 Å². The third-order valence-corrected chi connectivity index (χ3v) is 1.56. The molecule has 0 heterocycles. The average Bonchev–Trinajstić information content (AvgIpc) is 2.03. The second kappa shape index (κ2) is 3.21. The molecule has 0 aliphatic heterocycles. The number of nitrogens with one attached hydrogen (secondary N) is 1. The predicted molar refractivity (Wildman–Crippen MR) is 46.7 cm³/mol. The number of hydrogen-bond acceptors (Lipinski definition) is 1. The first-order chi connectivity index (χ1) is 5.61. The molecule has 0 radical (unpaired) electrons. The normalized spacial score (nSPS) is 9.50. The molecule has 0 unspecified atom stereocenters. The molecule has 4 heteroatoms. The maximum Gasteiger partial charge on any atom is 0.192 e. The van der Waals surface area contributed by atoms with Gasteiger partial charge in [0.05, 0.1) is 0 Å². The van der Waals surface area contributed by atoms with E-state index in [1.807, 2.05) is 0 Å². The van der Waals surface area contributed by atoms with Gasteiger partial charge in [0.2, 0.25) is 0 Å². The highest BCUT2D eigenvalue weighted by atomic mass is 19.1. The van der Waals surface area contributed by atoms with Gasteiger partial charge in [0.15, 0.2) is 5.96 Å². The van der Waals surface area contributed by atoms with Crippen molar-refractivity contribution in [2.45, 2.75) is 0 Å². The average molecular weight is 167 g/mol. The number of rotatable bonds is 1. The van der Waals surface area contributed by atoms with Crippen LogP contribution in [0.5, 0.6) is 0 Å². The van der Waals surface area contributed by atoms with Crippen molar-refractivity contribution < 1.29 is 4.39 Å². The van der Waals surface area contributed by atoms with Crippen molar-refractivity contribution in [3.8, 4) is 0 Å². The fraction of sp³-hybridized carbons (Fsp3) is 0.125. The SMILES string of the molecule is CN(C(=N)N)c1cccc(F)c1. The molecule has 3 N–H and O–H groups in total. The highest BCUT2D eigenvalue weighted by Crippen LogP contribution is 2.12. The minimum Gasteiger partial charge on any atom is -0.370 e. The van der Waals surface area contributed by atoms with Crippen molar-refractivity contribution in [1.29, 1.82) is 5.41 Å². The van der Waals surface area contributed by atoms with Crippen molar-refractivity contribution >= 4 is 11.6 Å². The minimum absolute atomic E-state index is 0.111. The summed E-state index contributed by atoms with van der Waals surface area (Å²) in [6.07, 6.45) is 0. The van der Waals surface area contributed by atoms with Crippen LogP contribution in [0.15, 0.2) is 24.3 Å². The van der Waals surface area contributed by atoms with Gasteiger partial charge in [-0.2, -0.15) is 0 Å². The standard InChI is InChI=1S/C8H10FN3/c1-12(8(10)11)7-4-2-3-6(9)5-7/h2-5H,1H3,(H3,10,11). The molecule has 0 fully saturated rings. The van der Waals surface area contributed by atoms with E-state index in [1.165, 1.54) is 17.0 Å². The number of nitrogens with two attached hydrogens (primary N) is 1. The first-order valence-corrected chi connectivity index (χ1v) is 3.44. The van der Waals surface area contributed by atoms with Crippen LogP contribution in [-0.2, 0) is 0 Å². The van der Waals surface area contributed by atoms with E-state index in [9.17, 15) is 4.39 Å². The van der Waals surface area contributed by atoms with Crippen LogP contribution in [0.3, 0.4) is 0 Å². The Morgan fingerprint density at radius 1 is 1.58 bits per heavy atom. The Labute approximate surface area is 70.1 Å². The van der Waals surface area contributed by atoms with Crippen LogP contribution in [-0.4, -0.2) is 13.0 Å². The molecule has 0 bridgehead atoms. The Bertz CT molecular complexity index is 298. The lowest BCUT2D eigenvalue weighted by Crippen LogP contribution is -2.32. The molecule has 0 saturated heterocycles. The summed E-state index contributed by atoms with van der Waals surface area (Å²) in [5, 5.41) is 7.09. The van der Waals surface area contributed by atoms with Gasteiger partial charge in [-0.25, -0.2) is 4.39 Å². The van der Waals surface area contributed by atoms with Crippen LogP contribution in [0, 0.1) is 11.2 Å². The number of anilines is 1. The third kappa shape index (κ3) is 1.72. The van der Waals surface area contributed by atoms with Gasteiger partial charge in [0.25, 0.3) is 0 Å². The Morgan fingerprint density at radius 3 is 2.75 bits per heavy atom. The largest absolute Gasteiger partial charge is 0.370 e. The van der Waals surface area contributed by atoms with Crippen LogP contribution in [0.2, 0.25) is 0 Å². The van der Waals surface area contributed by atoms with Crippen LogP contribution < -0.4 is 10.6 Å². The second-order valence-electron chi connectivity index (χ2n) is 2.42. The van der Waals surface area contributed by atoms with Gasteiger partial charge in [-0.15, -0.1) is 0 Å². The van der Waals surface area contributed by atoms with E-state index in [0.717, 1.165) is 0 Å². The van der Waals surface area contributed by atoms with Gasteiger partial charge >= 0.3 is 0 Å². The molecule has 64 valence electrons. The number of halogens is 1. The maximum atomic E-state index is 12.7. The summed E-state index contributed by atoms with van der Waals surface area (Å²) in [7, 11) is 1.61. The lowest BCUT2D eigenvalue weighted by molar-refractivity contribution is 0.628. The zero-order chi connectivity index (χ0) is 9.14. The highest BCUT2D eigenvalue weighted by molar-refractivity contribution is 5.91. The summed E-state index contributed by atoms with van der Waals surface area (Å²) in [6.45, 7) is 0. The van der Waals surface area contributed by atoms with Crippen LogP contribution in [0.25, 0.3) is 0 Å². The van der Waals surface area contributed by atoms with Crippen molar-refractivity contribution in [1.82, 2.24) is 0 Å². The van der Waals surface area contributed by atoms with Crippen molar-refractivity contribution in [3.05, 3.63) is 30.1 Å². The first kappa shape index (κ1) is 8.52. The third-order valence-electron chi connectivity index (χ3n) is 1.56. The molecule has 3 nitrogen and oxygen atoms in total. The Hall–Kier alpha value is -1.58. The monoisotopic (exact) mass is 167 g/mol. The van der Waals surface area contributed by atoms with Gasteiger partial charge in [-0.1, -0.05) is 6.07 Å². The molecule has 0 saturated carbocycles. The molecule has 0 aromatic heterocycles. The fourth-order valence-electron chi connectivity index (χ4n) is 0.824. The molecular weight excluding hydrogens is 157 g/mol. The van der Waals surface area contributed by atoms with E-state index in [4.69, 9.17) is 11.1 Å². The zero-order valence-corrected chi connectivity index (χ0v) is 6.71. The molecule has 0 aliphatic rings. The predicted octanol–water partition coefficient (Wildman–Crippen LogP) is 1.16. The van der Waals surface area contributed by atoms with E-state index in [0.29, 0.717) is 5.69 Å². The molecule has 1 rings (SSSR count). The first-order valence-electron chi connectivity index (χ1n) is 3.44. The summed E-state index contributed by atoms with van der Waals surface area (Å²) in [6, 6.07) is 5.92. The molecule has 0 aliphatic carbocycles. The molecule has 1 aromatic carbocycles. The Balaban J connectivity index is 2.95. The summed E-state index contributed by atoms with van der Waals surface area (Å²) in [5.41, 5.74) is 5.78. The molecule has 0 amide bonds. The number of benzene rings is 1. The van der Waals surface area contributed by atoms with Gasteiger partial charge in [-0.3, -0.25) is 5.41 Å². The molecule has 0 atom stereocenters. The van der Waals surface area contributed by atoms with Crippen LogP contribution in [0.1, 0.15) is 0 Å². The lowest BCUT2D eigenvalue weighted by atomic mass is 10.3. The van der Waals surface area contributed by atoms with E-state index >= 15 is 0 Å². The Morgan fingerprint density at radius 2 is 2.25 bits per heavy atom. The smallest absolute Gasteiger partial charge is 0.192 e. The molecule has 1 aromatic rings. The van der Waals surface area contributed by atoms with Crippen molar-refractivity contribution in [2.24, 2.45) is 5.73 Å². The van der Waals surface area contributed by atoms with Crippen LogP contribution >= 0.6 is 0 Å². The maximum absolute atomic E-state index is 12.7. The number of nitrogens with zero attached hydrogens (tertiary/aromatic N) is 1. The number of hydrogen-bond donors (Lipinski definition) is 2. The summed E-state index contributed by atoms with van der Waals surface area (Å²) in [5.74, 6) is -0.443. The summed E-state index contributed by atoms with van der Waals surface area (Å²) >= 11 is 0. The van der Waals surface area contributed by atoms with Crippen LogP contribution in [0.4, 0.5) is 10.1 Å². The van der Waals surface area contributed by atoms with E-state index in [-0.39, 0.29) is 11.8 Å². The molecular formula is C8H10FN3. The molecule has 12 heavy (non-hydrogen) atoms. The molecule has 0 spiro atoms. The van der Waals surface area contributed by atoms with Gasteiger partial charge < -0.3 is 10.6 Å². The quantitative estimate of drug-likeness (QED) is 0.487. The Kier molecular flexibility index (Phi) is 2.28. The van der Waals surface area contributed by atoms with E-state index in [1.54, 1.807) is 19.2 Å². The highest BCUT2D eigenvalue weighted by Gasteiger charge is 2.02. The van der Waals surface area contributed by atoms with Crippen molar-refractivity contribution in [2.75, 3.05) is 11.9 Å².